The first-order valence-electron chi connectivity index (χ1n) is 7.49. The SMILES string of the molecule is COC(C)C(C)(C)OC.OCCOCCOCCOCCO. The fourth-order valence-corrected chi connectivity index (χ4v) is 1.12. The van der Waals surface area contributed by atoms with Crippen LogP contribution in [-0.2, 0) is 23.7 Å². The summed E-state index contributed by atoms with van der Waals surface area (Å²) < 4.78 is 25.3. The van der Waals surface area contributed by atoms with E-state index in [1.165, 1.54) is 0 Å². The van der Waals surface area contributed by atoms with Gasteiger partial charge in [0, 0.05) is 14.2 Å². The Morgan fingerprint density at radius 1 is 0.773 bits per heavy atom. The van der Waals surface area contributed by atoms with Crippen LogP contribution in [0, 0.1) is 0 Å². The average Bonchev–Trinajstić information content (AvgIpc) is 2.53. The fraction of sp³-hybridized carbons (Fsp3) is 1.00. The van der Waals surface area contributed by atoms with Crippen LogP contribution in [0.1, 0.15) is 20.8 Å². The molecule has 7 nitrogen and oxygen atoms in total. The van der Waals surface area contributed by atoms with Gasteiger partial charge in [0.15, 0.2) is 0 Å². The minimum atomic E-state index is -0.172. The Morgan fingerprint density at radius 3 is 1.36 bits per heavy atom. The zero-order valence-electron chi connectivity index (χ0n) is 14.7. The quantitative estimate of drug-likeness (QED) is 0.476. The van der Waals surface area contributed by atoms with Crippen LogP contribution in [0.3, 0.4) is 0 Å². The lowest BCUT2D eigenvalue weighted by Crippen LogP contribution is -2.37. The first kappa shape index (κ1) is 24.0. The van der Waals surface area contributed by atoms with Crippen molar-refractivity contribution in [2.75, 3.05) is 67.1 Å². The lowest BCUT2D eigenvalue weighted by Gasteiger charge is -2.28. The molecule has 0 aliphatic rings. The second-order valence-corrected chi connectivity index (χ2v) is 4.97. The van der Waals surface area contributed by atoms with E-state index in [-0.39, 0.29) is 24.9 Å². The summed E-state index contributed by atoms with van der Waals surface area (Å²) >= 11 is 0. The zero-order valence-corrected chi connectivity index (χ0v) is 14.7. The molecule has 0 saturated carbocycles. The summed E-state index contributed by atoms with van der Waals surface area (Å²) in [4.78, 5) is 0. The Hall–Kier alpha value is -0.280. The van der Waals surface area contributed by atoms with Crippen molar-refractivity contribution >= 4 is 0 Å². The number of hydrogen-bond donors (Lipinski definition) is 2. The van der Waals surface area contributed by atoms with E-state index in [1.807, 2.05) is 20.8 Å². The third-order valence-corrected chi connectivity index (χ3v) is 3.07. The van der Waals surface area contributed by atoms with Crippen LogP contribution < -0.4 is 0 Å². The first-order valence-corrected chi connectivity index (χ1v) is 7.49. The lowest BCUT2D eigenvalue weighted by atomic mass is 10.0. The molecule has 0 rings (SSSR count). The molecule has 0 aromatic rings. The van der Waals surface area contributed by atoms with Gasteiger partial charge in [-0.3, -0.25) is 0 Å². The van der Waals surface area contributed by atoms with Crippen LogP contribution >= 0.6 is 0 Å². The van der Waals surface area contributed by atoms with Crippen molar-refractivity contribution in [1.29, 1.82) is 0 Å². The van der Waals surface area contributed by atoms with Gasteiger partial charge in [0.05, 0.1) is 64.6 Å². The molecule has 22 heavy (non-hydrogen) atoms. The Kier molecular flexibility index (Phi) is 18.6. The second kappa shape index (κ2) is 17.1. The summed E-state index contributed by atoms with van der Waals surface area (Å²) in [7, 11) is 3.38. The molecule has 0 amide bonds. The zero-order chi connectivity index (χ0) is 17.3. The monoisotopic (exact) mass is 326 g/mol. The van der Waals surface area contributed by atoms with Gasteiger partial charge in [0.2, 0.25) is 0 Å². The molecule has 7 heteroatoms. The topological polar surface area (TPSA) is 86.6 Å². The van der Waals surface area contributed by atoms with E-state index in [4.69, 9.17) is 33.9 Å². The van der Waals surface area contributed by atoms with Crippen LogP contribution in [0.2, 0.25) is 0 Å². The van der Waals surface area contributed by atoms with Crippen LogP contribution in [0.15, 0.2) is 0 Å². The van der Waals surface area contributed by atoms with Crippen molar-refractivity contribution in [2.45, 2.75) is 32.5 Å². The van der Waals surface area contributed by atoms with Crippen LogP contribution in [0.25, 0.3) is 0 Å². The minimum absolute atomic E-state index is 0.0413. The third-order valence-electron chi connectivity index (χ3n) is 3.07. The number of rotatable bonds is 13. The highest BCUT2D eigenvalue weighted by Gasteiger charge is 2.24. The highest BCUT2D eigenvalue weighted by molar-refractivity contribution is 4.75. The van der Waals surface area contributed by atoms with Gasteiger partial charge in [-0.2, -0.15) is 0 Å². The van der Waals surface area contributed by atoms with E-state index in [0.29, 0.717) is 39.6 Å². The molecule has 136 valence electrons. The number of aliphatic hydroxyl groups is 2. The maximum Gasteiger partial charge on any atom is 0.0880 e. The molecule has 0 saturated heterocycles. The molecular formula is C15H34O7. The predicted octanol–water partition coefficient (Wildman–Crippen LogP) is 0.467. The van der Waals surface area contributed by atoms with E-state index in [0.717, 1.165) is 0 Å². The third kappa shape index (κ3) is 16.1. The van der Waals surface area contributed by atoms with Gasteiger partial charge in [-0.05, 0) is 20.8 Å². The molecule has 0 aliphatic carbocycles. The first-order chi connectivity index (χ1) is 10.5. The van der Waals surface area contributed by atoms with Crippen LogP contribution in [-0.4, -0.2) is 89.0 Å². The van der Waals surface area contributed by atoms with Crippen LogP contribution in [0.4, 0.5) is 0 Å². The fourth-order valence-electron chi connectivity index (χ4n) is 1.12. The number of aliphatic hydroxyl groups excluding tert-OH is 2. The van der Waals surface area contributed by atoms with Gasteiger partial charge < -0.3 is 33.9 Å². The molecule has 0 bridgehead atoms. The van der Waals surface area contributed by atoms with Crippen molar-refractivity contribution in [2.24, 2.45) is 0 Å². The van der Waals surface area contributed by atoms with Crippen LogP contribution in [0.5, 0.6) is 0 Å². The van der Waals surface area contributed by atoms with Crippen molar-refractivity contribution in [3.8, 4) is 0 Å². The molecule has 0 fully saturated rings. The van der Waals surface area contributed by atoms with Gasteiger partial charge >= 0.3 is 0 Å². The average molecular weight is 326 g/mol. The van der Waals surface area contributed by atoms with Crippen molar-refractivity contribution in [1.82, 2.24) is 0 Å². The molecule has 2 N–H and O–H groups in total. The maximum absolute atomic E-state index is 8.36. The Morgan fingerprint density at radius 2 is 1.14 bits per heavy atom. The number of methoxy groups -OCH3 is 2. The molecular weight excluding hydrogens is 292 g/mol. The molecule has 0 aromatic carbocycles. The summed E-state index contributed by atoms with van der Waals surface area (Å²) in [6.45, 7) is 8.76. The maximum atomic E-state index is 8.36. The highest BCUT2D eigenvalue weighted by Crippen LogP contribution is 2.14. The molecule has 1 atom stereocenters. The van der Waals surface area contributed by atoms with Gasteiger partial charge in [-0.1, -0.05) is 0 Å². The Balaban J connectivity index is 0. The van der Waals surface area contributed by atoms with E-state index < -0.39 is 0 Å². The van der Waals surface area contributed by atoms with E-state index in [9.17, 15) is 0 Å². The summed E-state index contributed by atoms with van der Waals surface area (Å²) in [5, 5.41) is 16.7. The van der Waals surface area contributed by atoms with Crippen molar-refractivity contribution in [3.63, 3.8) is 0 Å². The van der Waals surface area contributed by atoms with Gasteiger partial charge in [0.1, 0.15) is 0 Å². The van der Waals surface area contributed by atoms with E-state index >= 15 is 0 Å². The number of hydrogen-bond acceptors (Lipinski definition) is 7. The summed E-state index contributed by atoms with van der Waals surface area (Å²) in [5.41, 5.74) is -0.172. The molecule has 0 spiro atoms. The normalized spacial score (nSPS) is 12.7. The Bertz CT molecular complexity index is 202. The molecule has 0 heterocycles. The minimum Gasteiger partial charge on any atom is -0.394 e. The van der Waals surface area contributed by atoms with E-state index in [2.05, 4.69) is 0 Å². The molecule has 0 aromatic heterocycles. The number of ether oxygens (including phenoxy) is 5. The summed E-state index contributed by atoms with van der Waals surface area (Å²) in [6.07, 6.45) is 0.141. The molecule has 0 radical (unpaired) electrons. The van der Waals surface area contributed by atoms with Crippen molar-refractivity contribution < 1.29 is 33.9 Å². The highest BCUT2D eigenvalue weighted by atomic mass is 16.5. The lowest BCUT2D eigenvalue weighted by molar-refractivity contribution is -0.0858. The summed E-state index contributed by atoms with van der Waals surface area (Å²) in [6, 6.07) is 0. The largest absolute Gasteiger partial charge is 0.394 e. The van der Waals surface area contributed by atoms with Gasteiger partial charge in [-0.15, -0.1) is 0 Å². The second-order valence-electron chi connectivity index (χ2n) is 4.97. The Labute approximate surface area is 134 Å². The standard InChI is InChI=1S/C8H18O5.C7H16O2/c9-1-3-11-5-7-13-8-6-12-4-2-10;1-6(8-4)7(2,3)9-5/h9-10H,1-8H2;6H,1-5H3. The van der Waals surface area contributed by atoms with E-state index in [1.54, 1.807) is 14.2 Å². The van der Waals surface area contributed by atoms with Gasteiger partial charge in [0.25, 0.3) is 0 Å². The molecule has 1 unspecified atom stereocenters. The summed E-state index contributed by atoms with van der Waals surface area (Å²) in [5.74, 6) is 0. The molecule has 0 aliphatic heterocycles. The van der Waals surface area contributed by atoms with Crippen molar-refractivity contribution in [3.05, 3.63) is 0 Å². The van der Waals surface area contributed by atoms with Gasteiger partial charge in [-0.25, -0.2) is 0 Å². The predicted molar refractivity (Wildman–Crippen MR) is 84.2 cm³/mol. The smallest absolute Gasteiger partial charge is 0.0880 e.